The maximum Gasteiger partial charge on any atom is 0.224 e. The van der Waals surface area contributed by atoms with E-state index < -0.39 is 0 Å². The minimum atomic E-state index is -0.00754. The molecule has 0 saturated carbocycles. The topological polar surface area (TPSA) is 84.7 Å². The minimum Gasteiger partial charge on any atom is -0.340 e. The Morgan fingerprint density at radius 1 is 1.12 bits per heavy atom. The molecule has 1 aromatic carbocycles. The molecule has 0 saturated heterocycles. The number of rotatable bonds is 5. The Labute approximate surface area is 139 Å². The normalized spacial score (nSPS) is 10.4. The average Bonchev–Trinajstić information content (AvgIpc) is 3.03. The van der Waals surface area contributed by atoms with Crippen molar-refractivity contribution in [2.75, 3.05) is 10.6 Å². The van der Waals surface area contributed by atoms with Crippen LogP contribution in [0, 0.1) is 6.92 Å². The van der Waals surface area contributed by atoms with Crippen LogP contribution in [0.2, 0.25) is 0 Å². The summed E-state index contributed by atoms with van der Waals surface area (Å²) >= 11 is 0. The van der Waals surface area contributed by atoms with Crippen molar-refractivity contribution in [1.29, 1.82) is 0 Å². The molecular formula is C17H18N6O. The van der Waals surface area contributed by atoms with Crippen LogP contribution < -0.4 is 10.6 Å². The van der Waals surface area contributed by atoms with Crippen molar-refractivity contribution < 1.29 is 4.79 Å². The summed E-state index contributed by atoms with van der Waals surface area (Å²) in [5.74, 6) is 2.27. The summed E-state index contributed by atoms with van der Waals surface area (Å²) in [6.45, 7) is 3.73. The lowest BCUT2D eigenvalue weighted by atomic mass is 10.2. The van der Waals surface area contributed by atoms with Crippen LogP contribution in [0.3, 0.4) is 0 Å². The van der Waals surface area contributed by atoms with Gasteiger partial charge in [-0.3, -0.25) is 9.36 Å². The van der Waals surface area contributed by atoms with Gasteiger partial charge in [0.2, 0.25) is 5.91 Å². The number of hydrogen-bond acceptors (Lipinski definition) is 5. The molecule has 0 atom stereocenters. The van der Waals surface area contributed by atoms with E-state index in [9.17, 15) is 4.79 Å². The van der Waals surface area contributed by atoms with Crippen molar-refractivity contribution in [1.82, 2.24) is 19.5 Å². The highest BCUT2D eigenvalue weighted by atomic mass is 16.1. The molecule has 2 aromatic heterocycles. The van der Waals surface area contributed by atoms with Crippen molar-refractivity contribution in [2.45, 2.75) is 20.3 Å². The van der Waals surface area contributed by atoms with Gasteiger partial charge in [-0.1, -0.05) is 6.92 Å². The number of aromatic nitrogens is 4. The van der Waals surface area contributed by atoms with Gasteiger partial charge in [-0.2, -0.15) is 0 Å². The molecule has 0 aliphatic rings. The Kier molecular flexibility index (Phi) is 4.51. The Bertz CT molecular complexity index is 840. The fourth-order valence-corrected chi connectivity index (χ4v) is 2.20. The van der Waals surface area contributed by atoms with Crippen molar-refractivity contribution in [2.24, 2.45) is 0 Å². The quantitative estimate of drug-likeness (QED) is 0.754. The summed E-state index contributed by atoms with van der Waals surface area (Å²) < 4.78 is 1.89. The Morgan fingerprint density at radius 3 is 2.54 bits per heavy atom. The molecule has 2 N–H and O–H groups in total. The second kappa shape index (κ2) is 6.91. The van der Waals surface area contributed by atoms with Gasteiger partial charge in [-0.25, -0.2) is 15.0 Å². The van der Waals surface area contributed by atoms with E-state index in [1.165, 1.54) is 6.33 Å². The number of anilines is 3. The molecular weight excluding hydrogens is 304 g/mol. The van der Waals surface area contributed by atoms with Crippen molar-refractivity contribution in [3.05, 3.63) is 54.9 Å². The monoisotopic (exact) mass is 322 g/mol. The minimum absolute atomic E-state index is 0.00754. The van der Waals surface area contributed by atoms with Crippen LogP contribution in [0.15, 0.2) is 49.1 Å². The molecule has 0 aliphatic heterocycles. The molecule has 0 spiro atoms. The van der Waals surface area contributed by atoms with E-state index in [0.717, 1.165) is 23.0 Å². The van der Waals surface area contributed by atoms with E-state index in [1.807, 2.05) is 54.9 Å². The van der Waals surface area contributed by atoms with Crippen LogP contribution in [0.4, 0.5) is 17.2 Å². The van der Waals surface area contributed by atoms with Crippen molar-refractivity contribution in [3.63, 3.8) is 0 Å². The summed E-state index contributed by atoms with van der Waals surface area (Å²) in [7, 11) is 0. The van der Waals surface area contributed by atoms with Crippen LogP contribution in [0.1, 0.15) is 19.2 Å². The van der Waals surface area contributed by atoms with Crippen LogP contribution in [0.5, 0.6) is 0 Å². The number of amides is 1. The van der Waals surface area contributed by atoms with E-state index in [1.54, 1.807) is 6.20 Å². The summed E-state index contributed by atoms with van der Waals surface area (Å²) in [6.07, 6.45) is 5.55. The lowest BCUT2D eigenvalue weighted by Gasteiger charge is -2.09. The molecule has 3 rings (SSSR count). The smallest absolute Gasteiger partial charge is 0.224 e. The number of imidazole rings is 1. The first-order valence-electron chi connectivity index (χ1n) is 7.65. The van der Waals surface area contributed by atoms with Crippen LogP contribution >= 0.6 is 0 Å². The second-order valence-corrected chi connectivity index (χ2v) is 5.21. The van der Waals surface area contributed by atoms with Gasteiger partial charge in [0, 0.05) is 36.3 Å². The third kappa shape index (κ3) is 3.57. The van der Waals surface area contributed by atoms with Gasteiger partial charge >= 0.3 is 0 Å². The van der Waals surface area contributed by atoms with Gasteiger partial charge in [0.25, 0.3) is 0 Å². The van der Waals surface area contributed by atoms with Gasteiger partial charge in [0.05, 0.1) is 0 Å². The first-order valence-corrected chi connectivity index (χ1v) is 7.65. The van der Waals surface area contributed by atoms with E-state index in [0.29, 0.717) is 12.2 Å². The summed E-state index contributed by atoms with van der Waals surface area (Å²) in [5.41, 5.74) is 1.64. The lowest BCUT2D eigenvalue weighted by Crippen LogP contribution is -2.09. The lowest BCUT2D eigenvalue weighted by molar-refractivity contribution is -0.115. The molecule has 7 nitrogen and oxygen atoms in total. The maximum atomic E-state index is 11.4. The van der Waals surface area contributed by atoms with E-state index in [-0.39, 0.29) is 5.91 Å². The molecule has 0 radical (unpaired) electrons. The number of carbonyl (C=O) groups is 1. The van der Waals surface area contributed by atoms with E-state index >= 15 is 0 Å². The summed E-state index contributed by atoms with van der Waals surface area (Å²) in [6, 6.07) is 9.31. The van der Waals surface area contributed by atoms with E-state index in [2.05, 4.69) is 25.6 Å². The van der Waals surface area contributed by atoms with Gasteiger partial charge < -0.3 is 10.6 Å². The summed E-state index contributed by atoms with van der Waals surface area (Å²) in [5, 5.41) is 6.04. The number of benzene rings is 1. The third-order valence-corrected chi connectivity index (χ3v) is 3.49. The van der Waals surface area contributed by atoms with Crippen LogP contribution in [-0.4, -0.2) is 25.4 Å². The fourth-order valence-electron chi connectivity index (χ4n) is 2.20. The first-order chi connectivity index (χ1) is 11.7. The highest BCUT2D eigenvalue weighted by Gasteiger charge is 2.05. The molecule has 24 heavy (non-hydrogen) atoms. The SMILES string of the molecule is CCC(=O)Nc1ccc(Nc2cc(-n3ccnc3C)ncn2)cc1. The number of nitrogens with one attached hydrogen (secondary N) is 2. The highest BCUT2D eigenvalue weighted by molar-refractivity contribution is 5.90. The zero-order chi connectivity index (χ0) is 16.9. The molecule has 2 heterocycles. The van der Waals surface area contributed by atoms with Gasteiger partial charge in [0.1, 0.15) is 23.8 Å². The van der Waals surface area contributed by atoms with Crippen molar-refractivity contribution in [3.8, 4) is 5.82 Å². The first kappa shape index (κ1) is 15.7. The number of hydrogen-bond donors (Lipinski definition) is 2. The summed E-state index contributed by atoms with van der Waals surface area (Å²) in [4.78, 5) is 24.1. The third-order valence-electron chi connectivity index (χ3n) is 3.49. The molecule has 3 aromatic rings. The predicted molar refractivity (Wildman–Crippen MR) is 92.5 cm³/mol. The van der Waals surface area contributed by atoms with E-state index in [4.69, 9.17) is 0 Å². The Balaban J connectivity index is 1.74. The number of nitrogens with zero attached hydrogens (tertiary/aromatic N) is 4. The van der Waals surface area contributed by atoms with Crippen molar-refractivity contribution >= 4 is 23.1 Å². The van der Waals surface area contributed by atoms with Crippen LogP contribution in [0.25, 0.3) is 5.82 Å². The fraction of sp³-hybridized carbons (Fsp3) is 0.176. The standard InChI is InChI=1S/C17H18N6O/c1-3-17(24)22-14-6-4-13(5-7-14)21-15-10-16(20-11-19-15)23-9-8-18-12(23)2/h4-11H,3H2,1-2H3,(H,22,24)(H,19,20,21). The predicted octanol–water partition coefficient (Wildman–Crippen LogP) is 3.06. The number of aryl methyl sites for hydroxylation is 1. The molecule has 0 fully saturated rings. The Hall–Kier alpha value is -3.22. The molecule has 0 unspecified atom stereocenters. The zero-order valence-corrected chi connectivity index (χ0v) is 13.5. The average molecular weight is 322 g/mol. The van der Waals surface area contributed by atoms with Gasteiger partial charge in [0.15, 0.2) is 0 Å². The maximum absolute atomic E-state index is 11.4. The van der Waals surface area contributed by atoms with Gasteiger partial charge in [-0.15, -0.1) is 0 Å². The Morgan fingerprint density at radius 2 is 1.88 bits per heavy atom. The highest BCUT2D eigenvalue weighted by Crippen LogP contribution is 2.19. The molecule has 122 valence electrons. The second-order valence-electron chi connectivity index (χ2n) is 5.21. The van der Waals surface area contributed by atoms with Crippen LogP contribution in [-0.2, 0) is 4.79 Å². The largest absolute Gasteiger partial charge is 0.340 e. The number of carbonyl (C=O) groups excluding carboxylic acids is 1. The van der Waals surface area contributed by atoms with Gasteiger partial charge in [-0.05, 0) is 31.2 Å². The molecule has 0 bridgehead atoms. The molecule has 7 heteroatoms. The molecule has 0 aliphatic carbocycles. The zero-order valence-electron chi connectivity index (χ0n) is 13.5. The molecule has 1 amide bonds.